The van der Waals surface area contributed by atoms with Crippen LogP contribution in [0.2, 0.25) is 0 Å². The highest BCUT2D eigenvalue weighted by atomic mass is 16.6. The molecular formula is C23H31N3O5. The Balaban J connectivity index is 1.63. The molecule has 1 aliphatic heterocycles. The Hall–Kier alpha value is -3.00. The standard InChI is InChI=1S/C23H31N3O5/c1-23(2,3)31-22(29)25-13-11-24(12-14-25)15-18-9-10-26(21(28)20(18)27)16-17-7-5-6-8-19(17)30-4/h5-10,27H,11-16H2,1-4H3. The van der Waals surface area contributed by atoms with Crippen LogP contribution in [0.1, 0.15) is 31.9 Å². The summed E-state index contributed by atoms with van der Waals surface area (Å²) in [6.07, 6.45) is 1.38. The molecule has 0 radical (unpaired) electrons. The van der Waals surface area contributed by atoms with E-state index in [1.54, 1.807) is 24.3 Å². The first-order chi connectivity index (χ1) is 14.7. The topological polar surface area (TPSA) is 84.2 Å². The van der Waals surface area contributed by atoms with E-state index in [1.807, 2.05) is 45.0 Å². The van der Waals surface area contributed by atoms with Crippen molar-refractivity contribution in [1.82, 2.24) is 14.4 Å². The van der Waals surface area contributed by atoms with Crippen molar-refractivity contribution in [2.45, 2.75) is 39.5 Å². The molecule has 0 spiro atoms. The van der Waals surface area contributed by atoms with Crippen LogP contribution in [0.15, 0.2) is 41.3 Å². The van der Waals surface area contributed by atoms with Gasteiger partial charge in [-0.1, -0.05) is 18.2 Å². The smallest absolute Gasteiger partial charge is 0.410 e. The van der Waals surface area contributed by atoms with Gasteiger partial charge in [0.2, 0.25) is 0 Å². The molecule has 0 unspecified atom stereocenters. The fraction of sp³-hybridized carbons (Fsp3) is 0.478. The molecule has 168 valence electrons. The van der Waals surface area contributed by atoms with Crippen LogP contribution in [0, 0.1) is 0 Å². The van der Waals surface area contributed by atoms with Gasteiger partial charge in [-0.3, -0.25) is 9.69 Å². The van der Waals surface area contributed by atoms with Gasteiger partial charge in [-0.05, 0) is 32.9 Å². The average Bonchev–Trinajstić information content (AvgIpc) is 2.73. The Kier molecular flexibility index (Phi) is 6.90. The molecule has 1 aliphatic rings. The number of para-hydroxylation sites is 1. The maximum Gasteiger partial charge on any atom is 0.410 e. The minimum Gasteiger partial charge on any atom is -0.503 e. The first kappa shape index (κ1) is 22.7. The first-order valence-corrected chi connectivity index (χ1v) is 10.4. The summed E-state index contributed by atoms with van der Waals surface area (Å²) in [6, 6.07) is 9.25. The number of pyridine rings is 1. The maximum absolute atomic E-state index is 12.7. The molecule has 0 aliphatic carbocycles. The number of rotatable bonds is 5. The molecule has 1 amide bonds. The Morgan fingerprint density at radius 3 is 2.35 bits per heavy atom. The second-order valence-corrected chi connectivity index (χ2v) is 8.68. The lowest BCUT2D eigenvalue weighted by Gasteiger charge is -2.35. The molecule has 0 bridgehead atoms. The fourth-order valence-corrected chi connectivity index (χ4v) is 3.53. The van der Waals surface area contributed by atoms with Gasteiger partial charge in [0, 0.05) is 50.0 Å². The van der Waals surface area contributed by atoms with Gasteiger partial charge in [0.05, 0.1) is 13.7 Å². The van der Waals surface area contributed by atoms with Crippen LogP contribution in [0.3, 0.4) is 0 Å². The van der Waals surface area contributed by atoms with Gasteiger partial charge in [0.15, 0.2) is 5.75 Å². The van der Waals surface area contributed by atoms with E-state index in [9.17, 15) is 14.7 Å². The quantitative estimate of drug-likeness (QED) is 0.787. The zero-order valence-corrected chi connectivity index (χ0v) is 18.6. The SMILES string of the molecule is COc1ccccc1Cn1ccc(CN2CCN(C(=O)OC(C)(C)C)CC2)c(O)c1=O. The van der Waals surface area contributed by atoms with Gasteiger partial charge < -0.3 is 24.0 Å². The van der Waals surface area contributed by atoms with Crippen LogP contribution >= 0.6 is 0 Å². The van der Waals surface area contributed by atoms with Gasteiger partial charge in [-0.25, -0.2) is 4.79 Å². The molecule has 1 aromatic heterocycles. The van der Waals surface area contributed by atoms with Gasteiger partial charge >= 0.3 is 6.09 Å². The summed E-state index contributed by atoms with van der Waals surface area (Å²) in [4.78, 5) is 28.7. The third kappa shape index (κ3) is 5.79. The van der Waals surface area contributed by atoms with Crippen molar-refractivity contribution in [3.8, 4) is 11.5 Å². The fourth-order valence-electron chi connectivity index (χ4n) is 3.53. The Morgan fingerprint density at radius 1 is 1.03 bits per heavy atom. The minimum absolute atomic E-state index is 0.244. The number of methoxy groups -OCH3 is 1. The Bertz CT molecular complexity index is 972. The van der Waals surface area contributed by atoms with Crippen molar-refractivity contribution in [3.05, 3.63) is 58.0 Å². The van der Waals surface area contributed by atoms with Crippen LogP contribution in [0.4, 0.5) is 4.79 Å². The van der Waals surface area contributed by atoms with Gasteiger partial charge in [0.25, 0.3) is 5.56 Å². The molecule has 3 rings (SSSR count). The highest BCUT2D eigenvalue weighted by Gasteiger charge is 2.26. The second kappa shape index (κ2) is 9.43. The summed E-state index contributed by atoms with van der Waals surface area (Å²) in [5.74, 6) is 0.452. The molecule has 1 fully saturated rings. The molecule has 31 heavy (non-hydrogen) atoms. The maximum atomic E-state index is 12.7. The summed E-state index contributed by atoms with van der Waals surface area (Å²) < 4.78 is 12.2. The van der Waals surface area contributed by atoms with Gasteiger partial charge in [-0.15, -0.1) is 0 Å². The number of piperazine rings is 1. The summed E-state index contributed by atoms with van der Waals surface area (Å²) in [5, 5.41) is 10.5. The van der Waals surface area contributed by atoms with Gasteiger partial charge in [-0.2, -0.15) is 0 Å². The third-order valence-electron chi connectivity index (χ3n) is 5.17. The molecule has 0 saturated carbocycles. The monoisotopic (exact) mass is 429 g/mol. The predicted molar refractivity (Wildman–Crippen MR) is 118 cm³/mol. The van der Waals surface area contributed by atoms with E-state index in [1.165, 1.54) is 4.57 Å². The van der Waals surface area contributed by atoms with Crippen LogP contribution in [-0.2, 0) is 17.8 Å². The van der Waals surface area contributed by atoms with Gasteiger partial charge in [0.1, 0.15) is 11.4 Å². The zero-order chi connectivity index (χ0) is 22.6. The van der Waals surface area contributed by atoms with E-state index in [0.717, 1.165) is 5.56 Å². The number of carbonyl (C=O) groups excluding carboxylic acids is 1. The number of amides is 1. The molecule has 2 aromatic rings. The number of carbonyl (C=O) groups is 1. The lowest BCUT2D eigenvalue weighted by Crippen LogP contribution is -2.49. The molecule has 1 aromatic carbocycles. The number of ether oxygens (including phenoxy) is 2. The number of aromatic nitrogens is 1. The van der Waals surface area contributed by atoms with E-state index in [-0.39, 0.29) is 11.8 Å². The summed E-state index contributed by atoms with van der Waals surface area (Å²) in [6.45, 7) is 8.66. The molecular weight excluding hydrogens is 398 g/mol. The first-order valence-electron chi connectivity index (χ1n) is 10.4. The molecule has 1 saturated heterocycles. The Morgan fingerprint density at radius 2 is 1.71 bits per heavy atom. The van der Waals surface area contributed by atoms with E-state index in [2.05, 4.69) is 4.90 Å². The van der Waals surface area contributed by atoms with Crippen molar-refractivity contribution in [2.75, 3.05) is 33.3 Å². The third-order valence-corrected chi connectivity index (χ3v) is 5.17. The van der Waals surface area contributed by atoms with E-state index < -0.39 is 11.2 Å². The lowest BCUT2D eigenvalue weighted by atomic mass is 10.1. The highest BCUT2D eigenvalue weighted by Crippen LogP contribution is 2.20. The van der Waals surface area contributed by atoms with E-state index >= 15 is 0 Å². The largest absolute Gasteiger partial charge is 0.503 e. The normalized spacial score (nSPS) is 15.0. The van der Waals surface area contributed by atoms with Crippen molar-refractivity contribution in [3.63, 3.8) is 0 Å². The average molecular weight is 430 g/mol. The van der Waals surface area contributed by atoms with E-state index in [4.69, 9.17) is 9.47 Å². The number of benzene rings is 1. The van der Waals surface area contributed by atoms with E-state index in [0.29, 0.717) is 50.6 Å². The van der Waals surface area contributed by atoms with Crippen LogP contribution < -0.4 is 10.3 Å². The number of hydrogen-bond acceptors (Lipinski definition) is 6. The molecule has 1 N–H and O–H groups in total. The summed E-state index contributed by atoms with van der Waals surface area (Å²) in [7, 11) is 1.59. The minimum atomic E-state index is -0.520. The summed E-state index contributed by atoms with van der Waals surface area (Å²) in [5.41, 5.74) is 0.480. The second-order valence-electron chi connectivity index (χ2n) is 8.68. The summed E-state index contributed by atoms with van der Waals surface area (Å²) >= 11 is 0. The molecule has 8 heteroatoms. The Labute approximate surface area is 182 Å². The lowest BCUT2D eigenvalue weighted by molar-refractivity contribution is 0.0138. The van der Waals surface area contributed by atoms with Crippen molar-refractivity contribution >= 4 is 6.09 Å². The highest BCUT2D eigenvalue weighted by molar-refractivity contribution is 5.68. The molecule has 0 atom stereocenters. The molecule has 8 nitrogen and oxygen atoms in total. The van der Waals surface area contributed by atoms with Crippen molar-refractivity contribution < 1.29 is 19.4 Å². The van der Waals surface area contributed by atoms with Crippen molar-refractivity contribution in [1.29, 1.82) is 0 Å². The van der Waals surface area contributed by atoms with Crippen molar-refractivity contribution in [2.24, 2.45) is 0 Å². The van der Waals surface area contributed by atoms with Crippen LogP contribution in [0.25, 0.3) is 0 Å². The number of nitrogens with zero attached hydrogens (tertiary/aromatic N) is 3. The number of hydrogen-bond donors (Lipinski definition) is 1. The van der Waals surface area contributed by atoms with Crippen LogP contribution in [-0.4, -0.2) is 64.5 Å². The predicted octanol–water partition coefficient (Wildman–Crippen LogP) is 2.66. The van der Waals surface area contributed by atoms with Crippen LogP contribution in [0.5, 0.6) is 11.5 Å². The number of aromatic hydroxyl groups is 1. The molecule has 2 heterocycles. The zero-order valence-electron chi connectivity index (χ0n) is 18.6.